The highest BCUT2D eigenvalue weighted by atomic mass is 16.6. The van der Waals surface area contributed by atoms with E-state index in [1.54, 1.807) is 20.8 Å². The van der Waals surface area contributed by atoms with Gasteiger partial charge in [-0.2, -0.15) is 0 Å². The van der Waals surface area contributed by atoms with E-state index in [-0.39, 0.29) is 38.1 Å². The first-order valence-corrected chi connectivity index (χ1v) is 8.70. The molecule has 0 heterocycles. The monoisotopic (exact) mass is 338 g/mol. The fourth-order valence-corrected chi connectivity index (χ4v) is 3.36. The van der Waals surface area contributed by atoms with Gasteiger partial charge in [-0.3, -0.25) is 9.59 Å². The molecule has 5 nitrogen and oxygen atoms in total. The van der Waals surface area contributed by atoms with Crippen LogP contribution in [0, 0.1) is 17.3 Å². The highest BCUT2D eigenvalue weighted by molar-refractivity contribution is 6.01. The molecule has 1 N–H and O–H groups in total. The molecule has 24 heavy (non-hydrogen) atoms. The lowest BCUT2D eigenvalue weighted by atomic mass is 9.70. The molecule has 0 fully saturated rings. The topological polar surface area (TPSA) is 72.8 Å². The van der Waals surface area contributed by atoms with Gasteiger partial charge < -0.3 is 14.6 Å². The lowest BCUT2D eigenvalue weighted by Crippen LogP contribution is -2.47. The number of hydrogen-bond donors (Lipinski definition) is 1. The molecule has 1 aliphatic rings. The third kappa shape index (κ3) is 4.69. The summed E-state index contributed by atoms with van der Waals surface area (Å²) in [5.41, 5.74) is -0.634. The Kier molecular flexibility index (Phi) is 8.19. The first kappa shape index (κ1) is 20.4. The number of carbonyl (C=O) groups excluding carboxylic acids is 2. The van der Waals surface area contributed by atoms with Crippen LogP contribution in [0.1, 0.15) is 46.5 Å². The Morgan fingerprint density at radius 3 is 2.25 bits per heavy atom. The fraction of sp³-hybridized carbons (Fsp3) is 0.684. The Balaban J connectivity index is 3.15. The first-order valence-electron chi connectivity index (χ1n) is 8.70. The van der Waals surface area contributed by atoms with Gasteiger partial charge in [0.15, 0.2) is 5.41 Å². The Morgan fingerprint density at radius 2 is 1.79 bits per heavy atom. The van der Waals surface area contributed by atoms with Crippen molar-refractivity contribution in [2.75, 3.05) is 19.8 Å². The quantitative estimate of drug-likeness (QED) is 0.376. The van der Waals surface area contributed by atoms with Crippen LogP contribution < -0.4 is 0 Å². The van der Waals surface area contributed by atoms with Crippen molar-refractivity contribution in [1.29, 1.82) is 0 Å². The molecular weight excluding hydrogens is 308 g/mol. The van der Waals surface area contributed by atoms with Crippen molar-refractivity contribution in [1.82, 2.24) is 0 Å². The standard InChI is InChI=1S/C19H30O5/c1-5-23-17(21)19(13-14(3)4,18(22)24-6-2)16-10-9-15(12-16)8-7-11-20/h9-10,15-16,20H,3,5-8,11-13H2,1-2,4H3. The van der Waals surface area contributed by atoms with Crippen LogP contribution in [0.25, 0.3) is 0 Å². The smallest absolute Gasteiger partial charge is 0.324 e. The lowest BCUT2D eigenvalue weighted by molar-refractivity contribution is -0.175. The summed E-state index contributed by atoms with van der Waals surface area (Å²) in [7, 11) is 0. The molecular formula is C19H30O5. The predicted octanol–water partition coefficient (Wildman–Crippen LogP) is 3.03. The van der Waals surface area contributed by atoms with E-state index < -0.39 is 17.4 Å². The molecule has 0 aromatic rings. The molecule has 1 aliphatic carbocycles. The number of esters is 2. The van der Waals surface area contributed by atoms with Gasteiger partial charge >= 0.3 is 11.9 Å². The third-order valence-electron chi connectivity index (χ3n) is 4.40. The summed E-state index contributed by atoms with van der Waals surface area (Å²) in [6.45, 7) is 9.70. The molecule has 2 unspecified atom stereocenters. The zero-order chi connectivity index (χ0) is 18.2. The number of rotatable bonds is 10. The molecule has 0 spiro atoms. The van der Waals surface area contributed by atoms with Gasteiger partial charge in [-0.05, 0) is 52.4 Å². The van der Waals surface area contributed by atoms with E-state index in [2.05, 4.69) is 6.58 Å². The Labute approximate surface area is 144 Å². The fourth-order valence-electron chi connectivity index (χ4n) is 3.36. The van der Waals surface area contributed by atoms with Crippen molar-refractivity contribution in [3.63, 3.8) is 0 Å². The van der Waals surface area contributed by atoms with E-state index in [1.807, 2.05) is 12.2 Å². The second-order valence-corrected chi connectivity index (χ2v) is 6.40. The van der Waals surface area contributed by atoms with Crippen LogP contribution in [0.15, 0.2) is 24.3 Å². The van der Waals surface area contributed by atoms with Crippen molar-refractivity contribution in [2.45, 2.75) is 46.5 Å². The van der Waals surface area contributed by atoms with Crippen LogP contribution in [0.4, 0.5) is 0 Å². The first-order chi connectivity index (χ1) is 11.4. The minimum absolute atomic E-state index is 0.141. The second-order valence-electron chi connectivity index (χ2n) is 6.40. The summed E-state index contributed by atoms with van der Waals surface area (Å²) in [6, 6.07) is 0. The van der Waals surface area contributed by atoms with Crippen LogP contribution in [0.5, 0.6) is 0 Å². The van der Waals surface area contributed by atoms with Gasteiger partial charge in [0.2, 0.25) is 0 Å². The second kappa shape index (κ2) is 9.62. The number of carbonyl (C=O) groups is 2. The molecule has 136 valence electrons. The van der Waals surface area contributed by atoms with Gasteiger partial charge in [0.05, 0.1) is 13.2 Å². The highest BCUT2D eigenvalue weighted by Crippen LogP contribution is 2.45. The van der Waals surface area contributed by atoms with Crippen LogP contribution in [0.3, 0.4) is 0 Å². The van der Waals surface area contributed by atoms with Crippen molar-refractivity contribution in [2.24, 2.45) is 17.3 Å². The van der Waals surface area contributed by atoms with E-state index in [0.29, 0.717) is 12.8 Å². The van der Waals surface area contributed by atoms with E-state index in [1.165, 1.54) is 0 Å². The number of aliphatic hydroxyl groups is 1. The van der Waals surface area contributed by atoms with Crippen molar-refractivity contribution in [3.8, 4) is 0 Å². The van der Waals surface area contributed by atoms with E-state index in [0.717, 1.165) is 12.0 Å². The number of ether oxygens (including phenoxy) is 2. The Hall–Kier alpha value is -1.62. The van der Waals surface area contributed by atoms with Gasteiger partial charge in [-0.25, -0.2) is 0 Å². The average molecular weight is 338 g/mol. The van der Waals surface area contributed by atoms with Gasteiger partial charge in [0.1, 0.15) is 0 Å². The number of hydrogen-bond acceptors (Lipinski definition) is 5. The molecule has 0 amide bonds. The summed E-state index contributed by atoms with van der Waals surface area (Å²) in [5.74, 6) is -1.11. The summed E-state index contributed by atoms with van der Waals surface area (Å²) in [4.78, 5) is 25.6. The molecule has 0 aromatic carbocycles. The molecule has 5 heteroatoms. The minimum Gasteiger partial charge on any atom is -0.465 e. The Morgan fingerprint density at radius 1 is 1.21 bits per heavy atom. The van der Waals surface area contributed by atoms with Crippen molar-refractivity contribution < 1.29 is 24.2 Å². The van der Waals surface area contributed by atoms with Gasteiger partial charge in [-0.1, -0.05) is 17.7 Å². The van der Waals surface area contributed by atoms with E-state index >= 15 is 0 Å². The largest absolute Gasteiger partial charge is 0.465 e. The zero-order valence-electron chi connectivity index (χ0n) is 15.0. The summed E-state index contributed by atoms with van der Waals surface area (Å²) in [5, 5.41) is 9.00. The maximum Gasteiger partial charge on any atom is 0.324 e. The molecule has 0 saturated carbocycles. The van der Waals surface area contributed by atoms with E-state index in [4.69, 9.17) is 14.6 Å². The minimum atomic E-state index is -1.37. The van der Waals surface area contributed by atoms with E-state index in [9.17, 15) is 9.59 Å². The van der Waals surface area contributed by atoms with Gasteiger partial charge in [0, 0.05) is 12.5 Å². The predicted molar refractivity (Wildman–Crippen MR) is 92.2 cm³/mol. The maximum atomic E-state index is 12.8. The molecule has 0 aromatic heterocycles. The van der Waals surface area contributed by atoms with Crippen LogP contribution in [-0.4, -0.2) is 36.9 Å². The third-order valence-corrected chi connectivity index (χ3v) is 4.40. The molecule has 0 bridgehead atoms. The van der Waals surface area contributed by atoms with Crippen molar-refractivity contribution >= 4 is 11.9 Å². The van der Waals surface area contributed by atoms with Gasteiger partial charge in [-0.15, -0.1) is 6.58 Å². The lowest BCUT2D eigenvalue weighted by Gasteiger charge is -2.34. The normalized spacial score (nSPS) is 20.0. The number of allylic oxidation sites excluding steroid dienone is 3. The molecule has 0 aliphatic heterocycles. The average Bonchev–Trinajstić information content (AvgIpc) is 2.99. The summed E-state index contributed by atoms with van der Waals surface area (Å²) < 4.78 is 10.5. The highest BCUT2D eigenvalue weighted by Gasteiger charge is 2.55. The van der Waals surface area contributed by atoms with Crippen LogP contribution in [-0.2, 0) is 19.1 Å². The SMILES string of the molecule is C=C(C)CC(C(=O)OCC)(C(=O)OCC)C1C=CC(CCCO)C1. The molecule has 0 saturated heterocycles. The summed E-state index contributed by atoms with van der Waals surface area (Å²) >= 11 is 0. The van der Waals surface area contributed by atoms with Gasteiger partial charge in [0.25, 0.3) is 0 Å². The zero-order valence-corrected chi connectivity index (χ0v) is 15.0. The maximum absolute atomic E-state index is 12.8. The Bertz CT molecular complexity index is 462. The van der Waals surface area contributed by atoms with Crippen molar-refractivity contribution in [3.05, 3.63) is 24.3 Å². The van der Waals surface area contributed by atoms with Crippen LogP contribution in [0.2, 0.25) is 0 Å². The molecule has 2 atom stereocenters. The molecule has 0 radical (unpaired) electrons. The number of aliphatic hydroxyl groups excluding tert-OH is 1. The van der Waals surface area contributed by atoms with Crippen LogP contribution >= 0.6 is 0 Å². The summed E-state index contributed by atoms with van der Waals surface area (Å²) in [6.07, 6.45) is 6.38. The molecule has 1 rings (SSSR count).